The molecule has 4 aromatic rings. The first-order valence-corrected chi connectivity index (χ1v) is 12.2. The minimum atomic E-state index is -3.70. The molecule has 0 saturated heterocycles. The molecule has 2 aromatic heterocycles. The van der Waals surface area contributed by atoms with Gasteiger partial charge in [0.15, 0.2) is 15.8 Å². The van der Waals surface area contributed by atoms with Gasteiger partial charge in [0.25, 0.3) is 0 Å². The third-order valence-electron chi connectivity index (χ3n) is 5.34. The van der Waals surface area contributed by atoms with Gasteiger partial charge in [0.1, 0.15) is 11.3 Å². The van der Waals surface area contributed by atoms with E-state index in [1.54, 1.807) is 26.8 Å². The van der Waals surface area contributed by atoms with E-state index in [-0.39, 0.29) is 34.4 Å². The number of esters is 1. The third-order valence-corrected chi connectivity index (χ3v) is 7.51. The highest BCUT2D eigenvalue weighted by Crippen LogP contribution is 2.36. The molecular weight excluding hydrogens is 454 g/mol. The van der Waals surface area contributed by atoms with Gasteiger partial charge >= 0.3 is 5.97 Å². The topological polar surface area (TPSA) is 144 Å². The minimum absolute atomic E-state index is 0.0516. The van der Waals surface area contributed by atoms with Gasteiger partial charge < -0.3 is 20.4 Å². The van der Waals surface area contributed by atoms with Crippen molar-refractivity contribution in [3.8, 4) is 22.5 Å². The Morgan fingerprint density at radius 2 is 1.82 bits per heavy atom. The zero-order valence-corrected chi connectivity index (χ0v) is 19.9. The normalized spacial score (nSPS) is 11.8. The number of ether oxygens (including phenoxy) is 1. The fourth-order valence-electron chi connectivity index (χ4n) is 3.57. The molecule has 4 rings (SSSR count). The molecule has 176 valence electrons. The van der Waals surface area contributed by atoms with Gasteiger partial charge in [0, 0.05) is 11.1 Å². The molecule has 0 radical (unpaired) electrons. The predicted molar refractivity (Wildman–Crippen MR) is 132 cm³/mol. The van der Waals surface area contributed by atoms with E-state index in [1.165, 1.54) is 6.07 Å². The number of imidazole rings is 2. The van der Waals surface area contributed by atoms with Crippen molar-refractivity contribution in [1.29, 1.82) is 0 Å². The van der Waals surface area contributed by atoms with Crippen LogP contribution in [0.1, 0.15) is 26.6 Å². The average molecular weight is 480 g/mol. The van der Waals surface area contributed by atoms with Gasteiger partial charge in [-0.2, -0.15) is 0 Å². The van der Waals surface area contributed by atoms with Crippen molar-refractivity contribution < 1.29 is 17.9 Å². The Kier molecular flexibility index (Phi) is 6.01. The van der Waals surface area contributed by atoms with E-state index < -0.39 is 21.1 Å². The number of sulfone groups is 1. The van der Waals surface area contributed by atoms with Crippen LogP contribution in [0.25, 0.3) is 39.1 Å². The molecular formula is C24H25N5O4S. The number of benzene rings is 2. The van der Waals surface area contributed by atoms with Crippen LogP contribution in [0.4, 0.5) is 5.95 Å². The highest BCUT2D eigenvalue weighted by Gasteiger charge is 2.27. The quantitative estimate of drug-likeness (QED) is 0.269. The van der Waals surface area contributed by atoms with Gasteiger partial charge in [-0.25, -0.2) is 23.2 Å². The predicted octanol–water partition coefficient (Wildman–Crippen LogP) is 3.96. The third kappa shape index (κ3) is 4.08. The van der Waals surface area contributed by atoms with Gasteiger partial charge in [-0.05, 0) is 32.9 Å². The summed E-state index contributed by atoms with van der Waals surface area (Å²) >= 11 is 0. The van der Waals surface area contributed by atoms with E-state index in [0.29, 0.717) is 22.5 Å². The van der Waals surface area contributed by atoms with Gasteiger partial charge in [0.2, 0.25) is 0 Å². The highest BCUT2D eigenvalue weighted by atomic mass is 32.2. The summed E-state index contributed by atoms with van der Waals surface area (Å²) in [6, 6.07) is 12.7. The maximum atomic E-state index is 13.2. The Hall–Kier alpha value is -3.92. The van der Waals surface area contributed by atoms with E-state index in [2.05, 4.69) is 26.5 Å². The number of nitrogens with zero attached hydrogens (tertiary/aromatic N) is 2. The zero-order valence-electron chi connectivity index (χ0n) is 19.0. The second-order valence-electron chi connectivity index (χ2n) is 7.96. The number of nitrogen functional groups attached to an aromatic ring is 1. The fourth-order valence-corrected chi connectivity index (χ4v) is 4.79. The summed E-state index contributed by atoms with van der Waals surface area (Å²) in [6.07, 6.45) is 0. The van der Waals surface area contributed by atoms with E-state index in [4.69, 9.17) is 10.5 Å². The Labute approximate surface area is 197 Å². The smallest absolute Gasteiger partial charge is 0.341 e. The number of fused-ring (bicyclic) bond motifs is 1. The molecule has 0 atom stereocenters. The number of anilines is 1. The number of carbonyl (C=O) groups excluding carboxylic acids is 1. The van der Waals surface area contributed by atoms with Crippen molar-refractivity contribution in [2.24, 2.45) is 0 Å². The van der Waals surface area contributed by atoms with Gasteiger partial charge in [0.05, 0.1) is 39.2 Å². The second-order valence-corrected chi connectivity index (χ2v) is 10.4. The lowest BCUT2D eigenvalue weighted by atomic mass is 10.0. The average Bonchev–Trinajstić information content (AvgIpc) is 3.41. The SMILES string of the molecule is C=C(C(=O)OCC)c1nc(-c2cc(S(=O)(=O)C(C)C)c3nc(N)[nH]c3c2)c(-c2ccccc2)[nH]1. The van der Waals surface area contributed by atoms with E-state index in [0.717, 1.165) is 5.56 Å². The minimum Gasteiger partial charge on any atom is -0.462 e. The van der Waals surface area contributed by atoms with Crippen molar-refractivity contribution in [3.63, 3.8) is 0 Å². The lowest BCUT2D eigenvalue weighted by molar-refractivity contribution is -0.136. The molecule has 0 aliphatic rings. The number of carbonyl (C=O) groups is 1. The van der Waals surface area contributed by atoms with Crippen LogP contribution in [0.2, 0.25) is 0 Å². The van der Waals surface area contributed by atoms with Crippen LogP contribution in [-0.4, -0.2) is 46.2 Å². The second kappa shape index (κ2) is 8.79. The van der Waals surface area contributed by atoms with Crippen molar-refractivity contribution in [2.75, 3.05) is 12.3 Å². The van der Waals surface area contributed by atoms with Crippen molar-refractivity contribution in [2.45, 2.75) is 30.9 Å². The number of hydrogen-bond acceptors (Lipinski definition) is 7. The molecule has 0 fully saturated rings. The van der Waals surface area contributed by atoms with Crippen molar-refractivity contribution in [1.82, 2.24) is 19.9 Å². The Morgan fingerprint density at radius 3 is 2.47 bits per heavy atom. The van der Waals surface area contributed by atoms with Crippen LogP contribution >= 0.6 is 0 Å². The van der Waals surface area contributed by atoms with E-state index in [9.17, 15) is 13.2 Å². The number of rotatable bonds is 7. The fraction of sp³-hybridized carbons (Fsp3) is 0.208. The van der Waals surface area contributed by atoms with E-state index >= 15 is 0 Å². The molecule has 2 heterocycles. The summed E-state index contributed by atoms with van der Waals surface area (Å²) in [5.74, 6) is -0.263. The number of aromatic amines is 2. The van der Waals surface area contributed by atoms with Crippen molar-refractivity contribution >= 4 is 38.4 Å². The summed E-state index contributed by atoms with van der Waals surface area (Å²) in [5, 5.41) is -0.671. The molecule has 0 spiro atoms. The molecule has 10 heteroatoms. The number of hydrogen-bond donors (Lipinski definition) is 3. The van der Waals surface area contributed by atoms with Crippen LogP contribution < -0.4 is 5.73 Å². The van der Waals surface area contributed by atoms with Crippen LogP contribution in [0.15, 0.2) is 53.9 Å². The summed E-state index contributed by atoms with van der Waals surface area (Å²) < 4.78 is 31.4. The summed E-state index contributed by atoms with van der Waals surface area (Å²) in [4.78, 5) is 27.2. The van der Waals surface area contributed by atoms with Crippen LogP contribution in [0.5, 0.6) is 0 Å². The molecule has 0 bridgehead atoms. The largest absolute Gasteiger partial charge is 0.462 e. The molecule has 9 nitrogen and oxygen atoms in total. The first-order valence-electron chi connectivity index (χ1n) is 10.7. The first kappa shape index (κ1) is 23.2. The van der Waals surface area contributed by atoms with Gasteiger partial charge in [-0.1, -0.05) is 36.9 Å². The molecule has 0 unspecified atom stereocenters. The van der Waals surface area contributed by atoms with E-state index in [1.807, 2.05) is 30.3 Å². The number of aromatic nitrogens is 4. The maximum absolute atomic E-state index is 13.2. The standard InChI is InChI=1S/C24H25N5O4S/c1-5-33-23(30)14(4)22-27-19(15-9-7-6-8-10-15)20(28-22)16-11-17-21(29-24(25)26-17)18(12-16)34(31,32)13(2)3/h6-13H,4-5H2,1-3H3,(H,27,28)(H3,25,26,29). The molecule has 0 aliphatic carbocycles. The number of nitrogens with one attached hydrogen (secondary N) is 2. The number of H-pyrrole nitrogens is 2. The summed E-state index contributed by atoms with van der Waals surface area (Å²) in [6.45, 7) is 8.94. The van der Waals surface area contributed by atoms with Crippen LogP contribution in [0.3, 0.4) is 0 Å². The summed E-state index contributed by atoms with van der Waals surface area (Å²) in [5.41, 5.74) is 8.99. The van der Waals surface area contributed by atoms with Crippen LogP contribution in [0, 0.1) is 0 Å². The molecule has 0 aliphatic heterocycles. The zero-order chi connectivity index (χ0) is 24.6. The maximum Gasteiger partial charge on any atom is 0.341 e. The van der Waals surface area contributed by atoms with Gasteiger partial charge in [-0.3, -0.25) is 0 Å². The lowest BCUT2D eigenvalue weighted by Gasteiger charge is -2.11. The number of nitrogens with two attached hydrogens (primary N) is 1. The molecule has 0 amide bonds. The monoisotopic (exact) mass is 479 g/mol. The first-order chi connectivity index (χ1) is 16.1. The van der Waals surface area contributed by atoms with Crippen LogP contribution in [-0.2, 0) is 19.4 Å². The molecule has 34 heavy (non-hydrogen) atoms. The highest BCUT2D eigenvalue weighted by molar-refractivity contribution is 7.92. The Bertz CT molecular complexity index is 1500. The molecule has 0 saturated carbocycles. The van der Waals surface area contributed by atoms with Crippen molar-refractivity contribution in [3.05, 3.63) is 54.9 Å². The Balaban J connectivity index is 1.99. The summed E-state index contributed by atoms with van der Waals surface area (Å²) in [7, 11) is -3.70. The molecule has 4 N–H and O–H groups in total. The molecule has 2 aromatic carbocycles. The lowest BCUT2D eigenvalue weighted by Crippen LogP contribution is -2.14. The van der Waals surface area contributed by atoms with Gasteiger partial charge in [-0.15, -0.1) is 0 Å². The Morgan fingerprint density at radius 1 is 1.12 bits per heavy atom.